The fourth-order valence-corrected chi connectivity index (χ4v) is 2.93. The molecule has 27 heavy (non-hydrogen) atoms. The minimum atomic E-state index is 0.719. The highest BCUT2D eigenvalue weighted by Crippen LogP contribution is 2.08. The molecule has 0 atom stereocenters. The standard InChI is InChI=1S/C20H27N7/c1-16-14-17(2)26(25-16)12-4-10-22-20(21-3)23-15-18-6-8-19(9-7-18)27-13-5-11-24-27/h5-9,11,13-14H,4,10,12,15H2,1-3H3,(H2,21,22,23). The molecule has 0 fully saturated rings. The van der Waals surface area contributed by atoms with Crippen molar-refractivity contribution in [3.8, 4) is 5.69 Å². The molecule has 3 aromatic rings. The second-order valence-corrected chi connectivity index (χ2v) is 6.47. The number of nitrogens with zero attached hydrogens (tertiary/aromatic N) is 5. The summed E-state index contributed by atoms with van der Waals surface area (Å²) in [5.41, 5.74) is 4.51. The van der Waals surface area contributed by atoms with Crippen LogP contribution in [-0.2, 0) is 13.1 Å². The first kappa shape index (κ1) is 18.7. The van der Waals surface area contributed by atoms with Crippen molar-refractivity contribution in [2.75, 3.05) is 13.6 Å². The Morgan fingerprint density at radius 3 is 2.59 bits per heavy atom. The van der Waals surface area contributed by atoms with Crippen LogP contribution in [0.2, 0.25) is 0 Å². The van der Waals surface area contributed by atoms with Crippen LogP contribution in [0.4, 0.5) is 0 Å². The van der Waals surface area contributed by atoms with Gasteiger partial charge in [-0.25, -0.2) is 4.68 Å². The van der Waals surface area contributed by atoms with Gasteiger partial charge in [-0.2, -0.15) is 10.2 Å². The number of rotatable bonds is 7. The van der Waals surface area contributed by atoms with Crippen LogP contribution in [0.5, 0.6) is 0 Å². The lowest BCUT2D eigenvalue weighted by Crippen LogP contribution is -2.37. The average Bonchev–Trinajstić information content (AvgIpc) is 3.31. The van der Waals surface area contributed by atoms with Crippen LogP contribution in [0.25, 0.3) is 5.69 Å². The Labute approximate surface area is 160 Å². The zero-order valence-corrected chi connectivity index (χ0v) is 16.2. The van der Waals surface area contributed by atoms with Crippen molar-refractivity contribution >= 4 is 5.96 Å². The van der Waals surface area contributed by atoms with Crippen molar-refractivity contribution in [1.82, 2.24) is 30.2 Å². The zero-order chi connectivity index (χ0) is 19.1. The van der Waals surface area contributed by atoms with Crippen LogP contribution in [0.3, 0.4) is 0 Å². The van der Waals surface area contributed by atoms with Crippen LogP contribution in [0.1, 0.15) is 23.4 Å². The minimum absolute atomic E-state index is 0.719. The molecular weight excluding hydrogens is 338 g/mol. The quantitative estimate of drug-likeness (QED) is 0.383. The summed E-state index contributed by atoms with van der Waals surface area (Å²) < 4.78 is 3.90. The first-order valence-electron chi connectivity index (χ1n) is 9.20. The van der Waals surface area contributed by atoms with Crippen LogP contribution in [0.15, 0.2) is 53.8 Å². The lowest BCUT2D eigenvalue weighted by Gasteiger charge is -2.12. The van der Waals surface area contributed by atoms with Crippen molar-refractivity contribution in [1.29, 1.82) is 0 Å². The largest absolute Gasteiger partial charge is 0.356 e. The van der Waals surface area contributed by atoms with Gasteiger partial charge in [-0.05, 0) is 50.1 Å². The molecule has 0 spiro atoms. The van der Waals surface area contributed by atoms with E-state index in [1.165, 1.54) is 11.3 Å². The Morgan fingerprint density at radius 2 is 1.96 bits per heavy atom. The maximum Gasteiger partial charge on any atom is 0.191 e. The van der Waals surface area contributed by atoms with Gasteiger partial charge in [0.05, 0.1) is 11.4 Å². The molecule has 0 aliphatic carbocycles. The van der Waals surface area contributed by atoms with Crippen molar-refractivity contribution in [2.24, 2.45) is 4.99 Å². The highest BCUT2D eigenvalue weighted by molar-refractivity contribution is 5.79. The van der Waals surface area contributed by atoms with E-state index in [0.29, 0.717) is 0 Å². The monoisotopic (exact) mass is 365 g/mol. The second kappa shape index (κ2) is 9.02. The third-order valence-electron chi connectivity index (χ3n) is 4.33. The predicted octanol–water partition coefficient (Wildman–Crippen LogP) is 2.44. The molecule has 0 unspecified atom stereocenters. The van der Waals surface area contributed by atoms with Gasteiger partial charge in [0.25, 0.3) is 0 Å². The average molecular weight is 365 g/mol. The highest BCUT2D eigenvalue weighted by Gasteiger charge is 2.02. The van der Waals surface area contributed by atoms with Crippen LogP contribution in [0, 0.1) is 13.8 Å². The summed E-state index contributed by atoms with van der Waals surface area (Å²) in [6.45, 7) is 6.58. The molecule has 3 rings (SSSR count). The molecule has 2 N–H and O–H groups in total. The minimum Gasteiger partial charge on any atom is -0.356 e. The molecule has 2 aromatic heterocycles. The highest BCUT2D eigenvalue weighted by atomic mass is 15.3. The molecule has 0 saturated heterocycles. The van der Waals surface area contributed by atoms with Crippen LogP contribution in [-0.4, -0.2) is 39.1 Å². The summed E-state index contributed by atoms with van der Waals surface area (Å²) in [5, 5.41) is 15.4. The zero-order valence-electron chi connectivity index (χ0n) is 16.2. The van der Waals surface area contributed by atoms with E-state index in [1.54, 1.807) is 13.2 Å². The van der Waals surface area contributed by atoms with E-state index in [9.17, 15) is 0 Å². The number of hydrogen-bond acceptors (Lipinski definition) is 3. The molecule has 7 nitrogen and oxygen atoms in total. The predicted molar refractivity (Wildman–Crippen MR) is 108 cm³/mol. The van der Waals surface area contributed by atoms with Crippen molar-refractivity contribution < 1.29 is 0 Å². The first-order valence-corrected chi connectivity index (χ1v) is 9.20. The smallest absolute Gasteiger partial charge is 0.191 e. The first-order chi connectivity index (χ1) is 13.2. The number of aromatic nitrogens is 4. The second-order valence-electron chi connectivity index (χ2n) is 6.47. The number of hydrogen-bond donors (Lipinski definition) is 2. The van der Waals surface area contributed by atoms with Gasteiger partial charge in [0, 0.05) is 44.8 Å². The molecule has 142 valence electrons. The SMILES string of the molecule is CN=C(NCCCn1nc(C)cc1C)NCc1ccc(-n2cccn2)cc1. The van der Waals surface area contributed by atoms with Crippen molar-refractivity contribution in [3.63, 3.8) is 0 Å². The van der Waals surface area contributed by atoms with E-state index < -0.39 is 0 Å². The van der Waals surface area contributed by atoms with E-state index in [0.717, 1.165) is 43.4 Å². The fourth-order valence-electron chi connectivity index (χ4n) is 2.93. The number of aryl methyl sites for hydroxylation is 3. The molecular formula is C20H27N7. The number of guanidine groups is 1. The Bertz CT molecular complexity index is 860. The summed E-state index contributed by atoms with van der Waals surface area (Å²) in [6.07, 6.45) is 4.70. The Hall–Kier alpha value is -3.09. The molecule has 0 aliphatic rings. The number of aliphatic imine (C=N–C) groups is 1. The van der Waals surface area contributed by atoms with Crippen LogP contribution >= 0.6 is 0 Å². The maximum absolute atomic E-state index is 4.49. The van der Waals surface area contributed by atoms with Gasteiger partial charge in [0.1, 0.15) is 0 Å². The van der Waals surface area contributed by atoms with Gasteiger partial charge in [-0.3, -0.25) is 9.67 Å². The van der Waals surface area contributed by atoms with E-state index in [1.807, 2.05) is 28.6 Å². The molecule has 0 saturated carbocycles. The molecule has 0 amide bonds. The molecule has 0 bridgehead atoms. The Kier molecular flexibility index (Phi) is 6.25. The van der Waals surface area contributed by atoms with Gasteiger partial charge in [-0.15, -0.1) is 0 Å². The molecule has 0 radical (unpaired) electrons. The van der Waals surface area contributed by atoms with Gasteiger partial charge in [-0.1, -0.05) is 12.1 Å². The molecule has 0 aliphatic heterocycles. The Morgan fingerprint density at radius 1 is 1.15 bits per heavy atom. The van der Waals surface area contributed by atoms with Crippen molar-refractivity contribution in [3.05, 3.63) is 65.7 Å². The van der Waals surface area contributed by atoms with Crippen LogP contribution < -0.4 is 10.6 Å². The summed E-state index contributed by atoms with van der Waals surface area (Å²) >= 11 is 0. The molecule has 2 heterocycles. The van der Waals surface area contributed by atoms with E-state index >= 15 is 0 Å². The van der Waals surface area contributed by atoms with E-state index in [4.69, 9.17) is 0 Å². The molecule has 1 aromatic carbocycles. The summed E-state index contributed by atoms with van der Waals surface area (Å²) in [6, 6.07) is 12.3. The number of benzene rings is 1. The number of nitrogens with one attached hydrogen (secondary N) is 2. The topological polar surface area (TPSA) is 72.1 Å². The Balaban J connectivity index is 1.42. The van der Waals surface area contributed by atoms with Gasteiger partial charge in [0.2, 0.25) is 0 Å². The molecule has 7 heteroatoms. The van der Waals surface area contributed by atoms with Gasteiger partial charge in [0.15, 0.2) is 5.96 Å². The lowest BCUT2D eigenvalue weighted by molar-refractivity contribution is 0.555. The van der Waals surface area contributed by atoms with Gasteiger partial charge < -0.3 is 10.6 Å². The maximum atomic E-state index is 4.49. The normalized spacial score (nSPS) is 11.6. The third-order valence-corrected chi connectivity index (χ3v) is 4.33. The lowest BCUT2D eigenvalue weighted by atomic mass is 10.2. The van der Waals surface area contributed by atoms with E-state index in [2.05, 4.69) is 63.1 Å². The van der Waals surface area contributed by atoms with E-state index in [-0.39, 0.29) is 0 Å². The summed E-state index contributed by atoms with van der Waals surface area (Å²) in [5.74, 6) is 0.805. The van der Waals surface area contributed by atoms with Crippen molar-refractivity contribution in [2.45, 2.75) is 33.4 Å². The summed E-state index contributed by atoms with van der Waals surface area (Å²) in [7, 11) is 1.79. The third kappa shape index (κ3) is 5.20. The van der Waals surface area contributed by atoms with Gasteiger partial charge >= 0.3 is 0 Å². The fraction of sp³-hybridized carbons (Fsp3) is 0.350. The summed E-state index contributed by atoms with van der Waals surface area (Å²) in [4.78, 5) is 4.29.